The Morgan fingerprint density at radius 3 is 2.77 bits per heavy atom. The largest absolute Gasteiger partial charge is 0.478 e. The first-order valence-corrected chi connectivity index (χ1v) is 3.52. The maximum Gasteiger partial charge on any atom is 0.345 e. The molecule has 1 heterocycles. The normalized spacial score (nSPS) is 9.92. The van der Waals surface area contributed by atoms with Crippen LogP contribution in [0, 0.1) is 0 Å². The minimum absolute atomic E-state index is 0.0687. The molecular weight excluding hydrogens is 174 g/mol. The van der Waals surface area contributed by atoms with Crippen LogP contribution in [0.25, 0.3) is 0 Å². The molecule has 0 aromatic carbocycles. The molecular formula is C7H9N3O3. The minimum Gasteiger partial charge on any atom is -0.478 e. The van der Waals surface area contributed by atoms with Crippen LogP contribution in [0.15, 0.2) is 23.3 Å². The Bertz CT molecular complexity index is 401. The van der Waals surface area contributed by atoms with Crippen molar-refractivity contribution in [1.82, 2.24) is 14.3 Å². The van der Waals surface area contributed by atoms with E-state index in [1.165, 1.54) is 17.9 Å². The molecule has 0 unspecified atom stereocenters. The average molecular weight is 183 g/mol. The summed E-state index contributed by atoms with van der Waals surface area (Å²) in [4.78, 5) is 21.5. The van der Waals surface area contributed by atoms with E-state index in [9.17, 15) is 9.59 Å². The van der Waals surface area contributed by atoms with Crippen LogP contribution in [-0.2, 0) is 18.4 Å². The molecule has 0 aliphatic carbocycles. The molecule has 0 radical (unpaired) electrons. The number of nitrogens with zero attached hydrogens (tertiary/aromatic N) is 3. The van der Waals surface area contributed by atoms with E-state index in [1.54, 1.807) is 0 Å². The Balaban J connectivity index is 2.87. The summed E-state index contributed by atoms with van der Waals surface area (Å²) in [6.45, 7) is 3.20. The Hall–Kier alpha value is -1.85. The van der Waals surface area contributed by atoms with Gasteiger partial charge in [-0.3, -0.25) is 4.57 Å². The molecule has 1 rings (SSSR count). The highest BCUT2D eigenvalue weighted by Gasteiger charge is 2.08. The van der Waals surface area contributed by atoms with E-state index in [4.69, 9.17) is 5.11 Å². The lowest BCUT2D eigenvalue weighted by atomic mass is 10.3. The van der Waals surface area contributed by atoms with E-state index in [0.29, 0.717) is 0 Å². The summed E-state index contributed by atoms with van der Waals surface area (Å²) >= 11 is 0. The molecule has 70 valence electrons. The van der Waals surface area contributed by atoms with Gasteiger partial charge in [-0.1, -0.05) is 6.58 Å². The van der Waals surface area contributed by atoms with Gasteiger partial charge < -0.3 is 5.11 Å². The molecule has 0 spiro atoms. The Labute approximate surface area is 73.7 Å². The Kier molecular flexibility index (Phi) is 2.32. The second-order valence-corrected chi connectivity index (χ2v) is 2.59. The molecule has 6 nitrogen and oxygen atoms in total. The predicted octanol–water partition coefficient (Wildman–Crippen LogP) is -0.777. The third kappa shape index (κ3) is 1.84. The molecule has 6 heteroatoms. The second-order valence-electron chi connectivity index (χ2n) is 2.59. The van der Waals surface area contributed by atoms with Crippen LogP contribution in [0.4, 0.5) is 0 Å². The number of aromatic nitrogens is 3. The van der Waals surface area contributed by atoms with Crippen LogP contribution in [0.2, 0.25) is 0 Å². The van der Waals surface area contributed by atoms with Gasteiger partial charge in [-0.15, -0.1) is 0 Å². The van der Waals surface area contributed by atoms with Crippen molar-refractivity contribution in [3.05, 3.63) is 29.0 Å². The third-order valence-corrected chi connectivity index (χ3v) is 1.53. The lowest BCUT2D eigenvalue weighted by Crippen LogP contribution is -2.25. The number of carbonyl (C=O) groups is 1. The highest BCUT2D eigenvalue weighted by Crippen LogP contribution is 1.92. The molecule has 0 fully saturated rings. The van der Waals surface area contributed by atoms with E-state index in [0.717, 1.165) is 4.68 Å². The highest BCUT2D eigenvalue weighted by atomic mass is 16.4. The van der Waals surface area contributed by atoms with Crippen LogP contribution in [-0.4, -0.2) is 25.4 Å². The molecule has 1 N–H and O–H groups in total. The van der Waals surface area contributed by atoms with E-state index >= 15 is 0 Å². The highest BCUT2D eigenvalue weighted by molar-refractivity contribution is 5.85. The maximum atomic E-state index is 11.2. The van der Waals surface area contributed by atoms with Crippen molar-refractivity contribution in [3.8, 4) is 0 Å². The van der Waals surface area contributed by atoms with Gasteiger partial charge in [0.2, 0.25) is 0 Å². The zero-order valence-electron chi connectivity index (χ0n) is 7.10. The van der Waals surface area contributed by atoms with Gasteiger partial charge in [-0.05, 0) is 0 Å². The van der Waals surface area contributed by atoms with Crippen molar-refractivity contribution >= 4 is 5.97 Å². The summed E-state index contributed by atoms with van der Waals surface area (Å²) < 4.78 is 2.30. The first kappa shape index (κ1) is 9.24. The fourth-order valence-corrected chi connectivity index (χ4v) is 0.778. The van der Waals surface area contributed by atoms with Crippen molar-refractivity contribution in [2.75, 3.05) is 0 Å². The summed E-state index contributed by atoms with van der Waals surface area (Å²) in [5.41, 5.74) is -0.428. The fourth-order valence-electron chi connectivity index (χ4n) is 0.778. The predicted molar refractivity (Wildman–Crippen MR) is 44.2 cm³/mol. The van der Waals surface area contributed by atoms with Gasteiger partial charge in [0.15, 0.2) is 0 Å². The monoisotopic (exact) mass is 183 g/mol. The van der Waals surface area contributed by atoms with Crippen molar-refractivity contribution in [1.29, 1.82) is 0 Å². The number of carboxylic acid groups (broad SMARTS) is 1. The fraction of sp³-hybridized carbons (Fsp3) is 0.286. The summed E-state index contributed by atoms with van der Waals surface area (Å²) in [6, 6.07) is 0. The van der Waals surface area contributed by atoms with Gasteiger partial charge in [0.1, 0.15) is 6.33 Å². The van der Waals surface area contributed by atoms with Crippen molar-refractivity contribution < 1.29 is 9.90 Å². The molecule has 1 aromatic rings. The molecule has 0 atom stereocenters. The van der Waals surface area contributed by atoms with E-state index in [2.05, 4.69) is 11.7 Å². The molecule has 0 aliphatic rings. The van der Waals surface area contributed by atoms with Gasteiger partial charge in [0, 0.05) is 7.05 Å². The van der Waals surface area contributed by atoms with Gasteiger partial charge in [-0.2, -0.15) is 5.10 Å². The molecule has 0 saturated carbocycles. The summed E-state index contributed by atoms with van der Waals surface area (Å²) in [5, 5.41) is 12.2. The van der Waals surface area contributed by atoms with Crippen molar-refractivity contribution in [2.24, 2.45) is 7.05 Å². The number of aliphatic carboxylic acids is 1. The van der Waals surface area contributed by atoms with Gasteiger partial charge in [0.05, 0.1) is 12.1 Å². The molecule has 0 bridgehead atoms. The second kappa shape index (κ2) is 3.26. The van der Waals surface area contributed by atoms with Crippen LogP contribution in [0.5, 0.6) is 0 Å². The number of hydrogen-bond donors (Lipinski definition) is 1. The summed E-state index contributed by atoms with van der Waals surface area (Å²) in [5.74, 6) is -1.13. The van der Waals surface area contributed by atoms with Gasteiger partial charge >= 0.3 is 11.7 Å². The van der Waals surface area contributed by atoms with Crippen LogP contribution < -0.4 is 5.69 Å². The SMILES string of the molecule is C=C(Cn1ncn(C)c1=O)C(=O)O. The van der Waals surface area contributed by atoms with E-state index < -0.39 is 5.97 Å². The standard InChI is InChI=1S/C7H9N3O3/c1-5(6(11)12)3-10-7(13)9(2)4-8-10/h4H,1,3H2,2H3,(H,11,12). The summed E-state index contributed by atoms with van der Waals surface area (Å²) in [7, 11) is 1.54. The van der Waals surface area contributed by atoms with E-state index in [-0.39, 0.29) is 17.8 Å². The number of aryl methyl sites for hydroxylation is 1. The zero-order chi connectivity index (χ0) is 10.0. The number of carboxylic acids is 1. The lowest BCUT2D eigenvalue weighted by Gasteiger charge is -1.97. The van der Waals surface area contributed by atoms with Gasteiger partial charge in [0.25, 0.3) is 0 Å². The number of hydrogen-bond acceptors (Lipinski definition) is 3. The average Bonchev–Trinajstić information content (AvgIpc) is 2.36. The minimum atomic E-state index is -1.13. The smallest absolute Gasteiger partial charge is 0.345 e. The van der Waals surface area contributed by atoms with Crippen LogP contribution >= 0.6 is 0 Å². The third-order valence-electron chi connectivity index (χ3n) is 1.53. The first-order chi connectivity index (χ1) is 6.02. The van der Waals surface area contributed by atoms with Crippen LogP contribution in [0.1, 0.15) is 0 Å². The zero-order valence-corrected chi connectivity index (χ0v) is 7.10. The molecule has 13 heavy (non-hydrogen) atoms. The van der Waals surface area contributed by atoms with Gasteiger partial charge in [-0.25, -0.2) is 14.3 Å². The lowest BCUT2D eigenvalue weighted by molar-refractivity contribution is -0.132. The molecule has 0 saturated heterocycles. The quantitative estimate of drug-likeness (QED) is 0.624. The maximum absolute atomic E-state index is 11.2. The number of rotatable bonds is 3. The Morgan fingerprint density at radius 1 is 1.77 bits per heavy atom. The topological polar surface area (TPSA) is 77.1 Å². The Morgan fingerprint density at radius 2 is 2.38 bits per heavy atom. The van der Waals surface area contributed by atoms with E-state index in [1.807, 2.05) is 0 Å². The van der Waals surface area contributed by atoms with Crippen molar-refractivity contribution in [3.63, 3.8) is 0 Å². The molecule has 1 aromatic heterocycles. The summed E-state index contributed by atoms with van der Waals surface area (Å²) in [6.07, 6.45) is 1.32. The molecule has 0 aliphatic heterocycles. The van der Waals surface area contributed by atoms with Crippen molar-refractivity contribution in [2.45, 2.75) is 6.54 Å². The van der Waals surface area contributed by atoms with Crippen LogP contribution in [0.3, 0.4) is 0 Å². The first-order valence-electron chi connectivity index (χ1n) is 3.52. The molecule has 0 amide bonds.